The third-order valence-corrected chi connectivity index (χ3v) is 4.83. The number of hydrogen-bond donors (Lipinski definition) is 0. The second kappa shape index (κ2) is 7.10. The summed E-state index contributed by atoms with van der Waals surface area (Å²) in [4.78, 5) is 13.7. The number of methoxy groups -OCH3 is 1. The predicted molar refractivity (Wildman–Crippen MR) is 84.3 cm³/mol. The van der Waals surface area contributed by atoms with Gasteiger partial charge in [0.2, 0.25) is 5.91 Å². The van der Waals surface area contributed by atoms with Crippen molar-refractivity contribution < 1.29 is 13.9 Å². The van der Waals surface area contributed by atoms with Gasteiger partial charge in [0.05, 0.1) is 25.1 Å². The lowest BCUT2D eigenvalue weighted by Crippen LogP contribution is -2.31. The maximum Gasteiger partial charge on any atom is 0.233 e. The number of hydrogen-bond acceptors (Lipinski definition) is 5. The number of aromatic nitrogens is 3. The molecule has 1 aliphatic rings. The van der Waals surface area contributed by atoms with E-state index in [9.17, 15) is 9.18 Å². The Balaban J connectivity index is 1.73. The zero-order chi connectivity index (χ0) is 16.2. The van der Waals surface area contributed by atoms with Crippen molar-refractivity contribution in [3.63, 3.8) is 0 Å². The summed E-state index contributed by atoms with van der Waals surface area (Å²) >= 11 is 1.52. The van der Waals surface area contributed by atoms with Crippen LogP contribution in [0.5, 0.6) is 0 Å². The van der Waals surface area contributed by atoms with Crippen molar-refractivity contribution in [2.24, 2.45) is 0 Å². The Labute approximate surface area is 137 Å². The number of nitrogens with zero attached hydrogens (tertiary/aromatic N) is 4. The third-order valence-electron chi connectivity index (χ3n) is 3.60. The van der Waals surface area contributed by atoms with Gasteiger partial charge in [0.15, 0.2) is 0 Å². The van der Waals surface area contributed by atoms with Crippen LogP contribution in [-0.2, 0) is 16.1 Å². The van der Waals surface area contributed by atoms with E-state index >= 15 is 0 Å². The molecule has 1 aromatic carbocycles. The minimum absolute atomic E-state index is 0.0701. The van der Waals surface area contributed by atoms with Crippen LogP contribution < -0.4 is 0 Å². The summed E-state index contributed by atoms with van der Waals surface area (Å²) in [5, 5.41) is 8.05. The van der Waals surface area contributed by atoms with Crippen molar-refractivity contribution in [1.82, 2.24) is 19.9 Å². The molecule has 0 bridgehead atoms. The molecule has 8 heteroatoms. The van der Waals surface area contributed by atoms with Crippen LogP contribution in [0.4, 0.5) is 4.39 Å². The van der Waals surface area contributed by atoms with Gasteiger partial charge < -0.3 is 9.64 Å². The first kappa shape index (κ1) is 15.9. The Morgan fingerprint density at radius 2 is 2.26 bits per heavy atom. The first-order chi connectivity index (χ1) is 11.2. The third kappa shape index (κ3) is 3.53. The smallest absolute Gasteiger partial charge is 0.233 e. The van der Waals surface area contributed by atoms with Crippen molar-refractivity contribution in [1.29, 1.82) is 0 Å². The highest BCUT2D eigenvalue weighted by Crippen LogP contribution is 2.37. The van der Waals surface area contributed by atoms with Gasteiger partial charge in [-0.15, -0.1) is 16.9 Å². The number of carbonyl (C=O) groups is 1. The van der Waals surface area contributed by atoms with Crippen molar-refractivity contribution in [2.45, 2.75) is 11.9 Å². The molecule has 23 heavy (non-hydrogen) atoms. The normalized spacial score (nSPS) is 17.9. The van der Waals surface area contributed by atoms with Crippen LogP contribution in [0.3, 0.4) is 0 Å². The Hall–Kier alpha value is -1.93. The highest BCUT2D eigenvalue weighted by molar-refractivity contribution is 8.00. The van der Waals surface area contributed by atoms with Gasteiger partial charge in [-0.25, -0.2) is 9.07 Å². The fourth-order valence-electron chi connectivity index (χ4n) is 2.44. The number of benzene rings is 1. The molecular formula is C15H17FN4O2S. The second-order valence-corrected chi connectivity index (χ2v) is 6.24. The molecule has 1 aromatic heterocycles. The van der Waals surface area contributed by atoms with E-state index in [1.165, 1.54) is 17.8 Å². The first-order valence-corrected chi connectivity index (χ1v) is 8.27. The van der Waals surface area contributed by atoms with Crippen LogP contribution in [0.15, 0.2) is 30.5 Å². The van der Waals surface area contributed by atoms with E-state index in [2.05, 4.69) is 10.3 Å². The van der Waals surface area contributed by atoms with Gasteiger partial charge in [-0.05, 0) is 6.07 Å². The van der Waals surface area contributed by atoms with Gasteiger partial charge in [0.1, 0.15) is 16.9 Å². The number of rotatable bonds is 6. The summed E-state index contributed by atoms with van der Waals surface area (Å²) < 4.78 is 20.3. The molecule has 0 radical (unpaired) electrons. The molecule has 0 N–H and O–H groups in total. The Morgan fingerprint density at radius 3 is 3.04 bits per heavy atom. The second-order valence-electron chi connectivity index (χ2n) is 5.18. The molecule has 1 aliphatic heterocycles. The van der Waals surface area contributed by atoms with Crippen LogP contribution in [-0.4, -0.2) is 51.8 Å². The minimum atomic E-state index is -0.267. The fourth-order valence-corrected chi connectivity index (χ4v) is 3.58. The average Bonchev–Trinajstić information content (AvgIpc) is 3.14. The molecule has 1 atom stereocenters. The van der Waals surface area contributed by atoms with Crippen LogP contribution in [0.2, 0.25) is 0 Å². The van der Waals surface area contributed by atoms with Crippen LogP contribution in [0.25, 0.3) is 0 Å². The number of ether oxygens (including phenoxy) is 1. The molecule has 3 rings (SSSR count). The van der Waals surface area contributed by atoms with Crippen LogP contribution in [0.1, 0.15) is 16.6 Å². The zero-order valence-electron chi connectivity index (χ0n) is 12.7. The number of halogens is 1. The lowest BCUT2D eigenvalue weighted by Gasteiger charge is -2.21. The molecule has 0 spiro atoms. The van der Waals surface area contributed by atoms with Gasteiger partial charge in [-0.1, -0.05) is 23.4 Å². The fraction of sp³-hybridized carbons (Fsp3) is 0.400. The number of thioether (sulfide) groups is 1. The van der Waals surface area contributed by atoms with Gasteiger partial charge in [0, 0.05) is 19.2 Å². The average molecular weight is 336 g/mol. The molecule has 122 valence electrons. The molecule has 0 unspecified atom stereocenters. The van der Waals surface area contributed by atoms with Gasteiger partial charge in [-0.3, -0.25) is 4.79 Å². The van der Waals surface area contributed by atoms with E-state index in [-0.39, 0.29) is 17.1 Å². The van der Waals surface area contributed by atoms with Gasteiger partial charge in [0.25, 0.3) is 0 Å². The van der Waals surface area contributed by atoms with E-state index in [0.717, 1.165) is 0 Å². The van der Waals surface area contributed by atoms with Crippen LogP contribution in [0, 0.1) is 5.82 Å². The van der Waals surface area contributed by atoms with Crippen LogP contribution >= 0.6 is 11.8 Å². The summed E-state index contributed by atoms with van der Waals surface area (Å²) in [6, 6.07) is 6.58. The number of carbonyl (C=O) groups excluding carboxylic acids is 1. The summed E-state index contributed by atoms with van der Waals surface area (Å²) in [7, 11) is 1.60. The minimum Gasteiger partial charge on any atom is -0.383 e. The summed E-state index contributed by atoms with van der Waals surface area (Å²) in [5.41, 5.74) is 1.25. The van der Waals surface area contributed by atoms with E-state index in [4.69, 9.17) is 4.74 Å². The predicted octanol–water partition coefficient (Wildman–Crippen LogP) is 1.69. The topological polar surface area (TPSA) is 60.2 Å². The van der Waals surface area contributed by atoms with Crippen molar-refractivity contribution in [3.05, 3.63) is 47.5 Å². The zero-order valence-corrected chi connectivity index (χ0v) is 13.5. The van der Waals surface area contributed by atoms with E-state index in [0.29, 0.717) is 36.7 Å². The molecule has 0 aliphatic carbocycles. The number of amides is 1. The molecule has 2 aromatic rings. The van der Waals surface area contributed by atoms with Crippen molar-refractivity contribution in [3.8, 4) is 0 Å². The van der Waals surface area contributed by atoms with E-state index in [1.54, 1.807) is 41.1 Å². The summed E-state index contributed by atoms with van der Waals surface area (Å²) in [6.45, 7) is 1.31. The molecule has 1 amide bonds. The quantitative estimate of drug-likeness (QED) is 0.803. The summed E-state index contributed by atoms with van der Waals surface area (Å²) in [6.07, 6.45) is 1.77. The van der Waals surface area contributed by atoms with Crippen molar-refractivity contribution >= 4 is 17.7 Å². The lowest BCUT2D eigenvalue weighted by atomic mass is 10.2. The molecule has 1 saturated heterocycles. The first-order valence-electron chi connectivity index (χ1n) is 7.22. The Morgan fingerprint density at radius 1 is 1.43 bits per heavy atom. The highest BCUT2D eigenvalue weighted by Gasteiger charge is 2.34. The van der Waals surface area contributed by atoms with Crippen molar-refractivity contribution in [2.75, 3.05) is 26.0 Å². The molecular weight excluding hydrogens is 319 g/mol. The Bertz CT molecular complexity index is 694. The molecule has 2 heterocycles. The SMILES string of the molecule is COCCN1C(=O)CS[C@H]1c1cn(Cc2ccccc2F)nn1. The monoisotopic (exact) mass is 336 g/mol. The lowest BCUT2D eigenvalue weighted by molar-refractivity contribution is -0.128. The molecule has 6 nitrogen and oxygen atoms in total. The molecule has 0 saturated carbocycles. The maximum absolute atomic E-state index is 13.7. The van der Waals surface area contributed by atoms with E-state index in [1.807, 2.05) is 0 Å². The maximum atomic E-state index is 13.7. The largest absolute Gasteiger partial charge is 0.383 e. The summed E-state index contributed by atoms with van der Waals surface area (Å²) in [5.74, 6) is 0.228. The van der Waals surface area contributed by atoms with Gasteiger partial charge >= 0.3 is 0 Å². The van der Waals surface area contributed by atoms with Gasteiger partial charge in [-0.2, -0.15) is 0 Å². The van der Waals surface area contributed by atoms with E-state index < -0.39 is 0 Å². The standard InChI is InChI=1S/C15H17FN4O2S/c1-22-7-6-20-14(21)10-23-15(20)13-9-19(18-17-13)8-11-4-2-3-5-12(11)16/h2-5,9,15H,6-8,10H2,1H3/t15-/m0/s1. The molecule has 1 fully saturated rings. The highest BCUT2D eigenvalue weighted by atomic mass is 32.2. The Kier molecular flexibility index (Phi) is 4.92.